The van der Waals surface area contributed by atoms with Gasteiger partial charge in [-0.3, -0.25) is 9.78 Å². The Morgan fingerprint density at radius 1 is 1.09 bits per heavy atom. The van der Waals surface area contributed by atoms with Gasteiger partial charge in [0.15, 0.2) is 0 Å². The largest absolute Gasteiger partial charge is 0.462 e. The average Bonchev–Trinajstić information content (AvgIpc) is 2.48. The SMILES string of the molecule is CC(=O)Oc1ccccc1C(=O)OCCc1ccccn1.Cl. The monoisotopic (exact) mass is 321 g/mol. The summed E-state index contributed by atoms with van der Waals surface area (Å²) < 4.78 is 10.2. The Kier molecular flexibility index (Phi) is 7.05. The van der Waals surface area contributed by atoms with E-state index in [9.17, 15) is 9.59 Å². The first-order valence-electron chi connectivity index (χ1n) is 6.51. The Morgan fingerprint density at radius 3 is 2.50 bits per heavy atom. The van der Waals surface area contributed by atoms with E-state index in [2.05, 4.69) is 4.98 Å². The Balaban J connectivity index is 0.00000242. The molecule has 0 atom stereocenters. The minimum absolute atomic E-state index is 0. The summed E-state index contributed by atoms with van der Waals surface area (Å²) >= 11 is 0. The van der Waals surface area contributed by atoms with Crippen molar-refractivity contribution in [3.05, 3.63) is 59.9 Å². The molecule has 0 fully saturated rings. The average molecular weight is 322 g/mol. The van der Waals surface area contributed by atoms with Crippen molar-refractivity contribution >= 4 is 24.3 Å². The maximum atomic E-state index is 12.0. The highest BCUT2D eigenvalue weighted by Crippen LogP contribution is 2.19. The fourth-order valence-corrected chi connectivity index (χ4v) is 1.75. The van der Waals surface area contributed by atoms with Gasteiger partial charge in [0, 0.05) is 25.2 Å². The van der Waals surface area contributed by atoms with E-state index < -0.39 is 11.9 Å². The van der Waals surface area contributed by atoms with Crippen LogP contribution in [0.1, 0.15) is 23.0 Å². The molecule has 116 valence electrons. The maximum Gasteiger partial charge on any atom is 0.341 e. The van der Waals surface area contributed by atoms with Crippen LogP contribution in [-0.2, 0) is 16.0 Å². The first-order chi connectivity index (χ1) is 10.2. The number of carbonyl (C=O) groups excluding carboxylic acids is 2. The van der Waals surface area contributed by atoms with Gasteiger partial charge in [-0.15, -0.1) is 12.4 Å². The quantitative estimate of drug-likeness (QED) is 0.626. The van der Waals surface area contributed by atoms with Crippen molar-refractivity contribution in [3.63, 3.8) is 0 Å². The van der Waals surface area contributed by atoms with Gasteiger partial charge in [-0.05, 0) is 24.3 Å². The molecule has 0 saturated heterocycles. The van der Waals surface area contributed by atoms with Gasteiger partial charge in [0.1, 0.15) is 11.3 Å². The van der Waals surface area contributed by atoms with E-state index in [0.717, 1.165) is 5.69 Å². The molecule has 0 aliphatic heterocycles. The van der Waals surface area contributed by atoms with Gasteiger partial charge in [-0.1, -0.05) is 18.2 Å². The smallest absolute Gasteiger partial charge is 0.341 e. The number of pyridine rings is 1. The molecule has 2 rings (SSSR count). The molecule has 0 spiro atoms. The topological polar surface area (TPSA) is 65.5 Å². The van der Waals surface area contributed by atoms with Crippen LogP contribution in [0.2, 0.25) is 0 Å². The zero-order valence-electron chi connectivity index (χ0n) is 12.0. The van der Waals surface area contributed by atoms with E-state index in [1.165, 1.54) is 6.92 Å². The second-order valence-electron chi connectivity index (χ2n) is 4.30. The molecule has 1 aromatic carbocycles. The molecule has 0 bridgehead atoms. The van der Waals surface area contributed by atoms with Crippen molar-refractivity contribution < 1.29 is 19.1 Å². The van der Waals surface area contributed by atoms with E-state index >= 15 is 0 Å². The van der Waals surface area contributed by atoms with E-state index in [1.54, 1.807) is 30.5 Å². The van der Waals surface area contributed by atoms with E-state index in [-0.39, 0.29) is 30.3 Å². The fourth-order valence-electron chi connectivity index (χ4n) is 1.75. The number of esters is 2. The van der Waals surface area contributed by atoms with E-state index in [4.69, 9.17) is 9.47 Å². The summed E-state index contributed by atoms with van der Waals surface area (Å²) in [4.78, 5) is 27.2. The number of ether oxygens (including phenoxy) is 2. The standard InChI is InChI=1S/C16H15NO4.ClH/c1-12(18)21-15-8-3-2-7-14(15)16(19)20-11-9-13-6-4-5-10-17-13;/h2-8,10H,9,11H2,1H3;1H. The summed E-state index contributed by atoms with van der Waals surface area (Å²) in [5, 5.41) is 0. The third-order valence-electron chi connectivity index (χ3n) is 2.68. The predicted octanol–water partition coefficient (Wildman–Crippen LogP) is 2.83. The fraction of sp³-hybridized carbons (Fsp3) is 0.188. The molecule has 0 unspecified atom stereocenters. The van der Waals surface area contributed by atoms with Crippen LogP contribution in [0.4, 0.5) is 0 Å². The second kappa shape index (κ2) is 8.79. The third-order valence-corrected chi connectivity index (χ3v) is 2.68. The van der Waals surface area contributed by atoms with Crippen LogP contribution in [0.5, 0.6) is 5.75 Å². The lowest BCUT2D eigenvalue weighted by Gasteiger charge is -2.08. The highest BCUT2D eigenvalue weighted by molar-refractivity contribution is 5.93. The molecule has 6 heteroatoms. The molecule has 0 saturated carbocycles. The molecule has 0 aliphatic rings. The summed E-state index contributed by atoms with van der Waals surface area (Å²) in [6.07, 6.45) is 2.22. The predicted molar refractivity (Wildman–Crippen MR) is 83.2 cm³/mol. The normalized spacial score (nSPS) is 9.50. The highest BCUT2D eigenvalue weighted by atomic mass is 35.5. The number of nitrogens with zero attached hydrogens (tertiary/aromatic N) is 1. The van der Waals surface area contributed by atoms with Crippen molar-refractivity contribution in [1.82, 2.24) is 4.98 Å². The number of halogens is 1. The van der Waals surface area contributed by atoms with E-state index in [1.807, 2.05) is 18.2 Å². The first-order valence-corrected chi connectivity index (χ1v) is 6.51. The van der Waals surface area contributed by atoms with Crippen molar-refractivity contribution in [2.75, 3.05) is 6.61 Å². The lowest BCUT2D eigenvalue weighted by atomic mass is 10.2. The molecular weight excluding hydrogens is 306 g/mol. The van der Waals surface area contributed by atoms with Crippen LogP contribution in [0.25, 0.3) is 0 Å². The summed E-state index contributed by atoms with van der Waals surface area (Å²) in [5.41, 5.74) is 1.08. The third kappa shape index (κ3) is 5.18. The van der Waals surface area contributed by atoms with Crippen LogP contribution in [0, 0.1) is 0 Å². The van der Waals surface area contributed by atoms with Gasteiger partial charge in [-0.25, -0.2) is 4.79 Å². The van der Waals surface area contributed by atoms with Crippen molar-refractivity contribution in [2.45, 2.75) is 13.3 Å². The van der Waals surface area contributed by atoms with Crippen LogP contribution in [0.3, 0.4) is 0 Å². The molecule has 0 aliphatic carbocycles. The molecule has 1 aromatic heterocycles. The zero-order chi connectivity index (χ0) is 15.1. The molecule has 0 radical (unpaired) electrons. The summed E-state index contributed by atoms with van der Waals surface area (Å²) in [7, 11) is 0. The van der Waals surface area contributed by atoms with Gasteiger partial charge in [0.25, 0.3) is 0 Å². The number of aromatic nitrogens is 1. The minimum Gasteiger partial charge on any atom is -0.462 e. The minimum atomic E-state index is -0.525. The van der Waals surface area contributed by atoms with Crippen molar-refractivity contribution in [2.24, 2.45) is 0 Å². The van der Waals surface area contributed by atoms with Crippen LogP contribution in [0.15, 0.2) is 48.7 Å². The van der Waals surface area contributed by atoms with Crippen LogP contribution in [-0.4, -0.2) is 23.5 Å². The summed E-state index contributed by atoms with van der Waals surface area (Å²) in [5.74, 6) is -0.806. The highest BCUT2D eigenvalue weighted by Gasteiger charge is 2.14. The van der Waals surface area contributed by atoms with E-state index in [0.29, 0.717) is 6.42 Å². The summed E-state index contributed by atoms with van der Waals surface area (Å²) in [6.45, 7) is 1.49. The van der Waals surface area contributed by atoms with Gasteiger partial charge in [0.05, 0.1) is 6.61 Å². The Bertz CT molecular complexity index is 631. The van der Waals surface area contributed by atoms with Gasteiger partial charge < -0.3 is 9.47 Å². The number of rotatable bonds is 5. The molecule has 5 nitrogen and oxygen atoms in total. The molecule has 0 N–H and O–H groups in total. The Morgan fingerprint density at radius 2 is 1.82 bits per heavy atom. The van der Waals surface area contributed by atoms with Crippen LogP contribution < -0.4 is 4.74 Å². The molecular formula is C16H16ClNO4. The van der Waals surface area contributed by atoms with Gasteiger partial charge >= 0.3 is 11.9 Å². The maximum absolute atomic E-state index is 12.0. The van der Waals surface area contributed by atoms with Crippen molar-refractivity contribution in [3.8, 4) is 5.75 Å². The number of para-hydroxylation sites is 1. The van der Waals surface area contributed by atoms with Crippen molar-refractivity contribution in [1.29, 1.82) is 0 Å². The summed E-state index contributed by atoms with van der Waals surface area (Å²) in [6, 6.07) is 12.0. The Labute approximate surface area is 134 Å². The molecule has 1 heterocycles. The molecule has 2 aromatic rings. The molecule has 22 heavy (non-hydrogen) atoms. The number of hydrogen-bond acceptors (Lipinski definition) is 5. The molecule has 0 amide bonds. The lowest BCUT2D eigenvalue weighted by Crippen LogP contribution is -2.12. The van der Waals surface area contributed by atoms with Crippen LogP contribution >= 0.6 is 12.4 Å². The number of carbonyl (C=O) groups is 2. The van der Waals surface area contributed by atoms with Gasteiger partial charge in [0.2, 0.25) is 0 Å². The first kappa shape index (κ1) is 17.7. The van der Waals surface area contributed by atoms with Gasteiger partial charge in [-0.2, -0.15) is 0 Å². The number of hydrogen-bond donors (Lipinski definition) is 0. The Hall–Kier alpha value is -2.40. The lowest BCUT2D eigenvalue weighted by molar-refractivity contribution is -0.131. The number of benzene rings is 1. The second-order valence-corrected chi connectivity index (χ2v) is 4.30. The zero-order valence-corrected chi connectivity index (χ0v) is 12.8.